The summed E-state index contributed by atoms with van der Waals surface area (Å²) < 4.78 is 43.1. The summed E-state index contributed by atoms with van der Waals surface area (Å²) in [5.74, 6) is -0.324. The van der Waals surface area contributed by atoms with E-state index in [1.54, 1.807) is 24.7 Å². The van der Waals surface area contributed by atoms with Crippen LogP contribution in [0.4, 0.5) is 18.9 Å². The van der Waals surface area contributed by atoms with Crippen LogP contribution in [-0.2, 0) is 0 Å². The van der Waals surface area contributed by atoms with Crippen LogP contribution in [0.5, 0.6) is 5.75 Å². The zero-order valence-electron chi connectivity index (χ0n) is 19.5. The number of hydrogen-bond donors (Lipinski definition) is 1. The second-order valence-corrected chi connectivity index (χ2v) is 8.68. The fraction of sp³-hybridized carbons (Fsp3) is 0.111. The van der Waals surface area contributed by atoms with E-state index in [0.717, 1.165) is 33.8 Å². The second-order valence-electron chi connectivity index (χ2n) is 8.28. The summed E-state index contributed by atoms with van der Waals surface area (Å²) in [5, 5.41) is 8.42. The van der Waals surface area contributed by atoms with Crippen molar-refractivity contribution in [2.24, 2.45) is 15.2 Å². The number of alkyl halides is 3. The predicted octanol–water partition coefficient (Wildman–Crippen LogP) is 7.64. The molecule has 0 bridgehead atoms. The summed E-state index contributed by atoms with van der Waals surface area (Å²) in [5.41, 5.74) is 6.09. The van der Waals surface area contributed by atoms with Crippen LogP contribution in [0.15, 0.2) is 112 Å². The second kappa shape index (κ2) is 10.1. The maximum absolute atomic E-state index is 12.4. The molecular weight excluding hydrogens is 499 g/mol. The summed E-state index contributed by atoms with van der Waals surface area (Å²) in [7, 11) is 0. The molecule has 6 nitrogen and oxygen atoms in total. The highest BCUT2D eigenvalue weighted by Crippen LogP contribution is 2.38. The average Bonchev–Trinajstić information content (AvgIpc) is 3.29. The lowest BCUT2D eigenvalue weighted by molar-refractivity contribution is -0.274. The van der Waals surface area contributed by atoms with Crippen LogP contribution in [-0.4, -0.2) is 21.1 Å². The Bertz CT molecular complexity index is 1510. The van der Waals surface area contributed by atoms with Crippen LogP contribution < -0.4 is 4.74 Å². The predicted molar refractivity (Wildman–Crippen MR) is 139 cm³/mol. The normalized spacial score (nSPS) is 18.2. The summed E-state index contributed by atoms with van der Waals surface area (Å²) in [6.07, 6.45) is 8.46. The number of aromatic nitrogens is 2. The summed E-state index contributed by atoms with van der Waals surface area (Å²) in [6.45, 7) is 1.96. The standard InChI is InChI=1S/C27H20F3N5OS/c1-17-4-2-3-5-23(17)33-26(37)34-32-15-18-6-12-22-19(14-18)7-13-24-25(22)31-16-35(24)20-8-10-21(11-9-20)36-27(28,29)30/h2-16,22H,1H3,(H,33,37)/b18-15+,34-32-. The molecule has 0 amide bonds. The molecule has 0 N–H and O–H groups in total. The van der Waals surface area contributed by atoms with Gasteiger partial charge < -0.3 is 4.74 Å². The highest BCUT2D eigenvalue weighted by atomic mass is 32.1. The number of halogens is 3. The number of imidazole rings is 1. The molecule has 1 heterocycles. The van der Waals surface area contributed by atoms with Crippen molar-refractivity contribution in [2.45, 2.75) is 19.2 Å². The number of rotatable bonds is 4. The molecule has 37 heavy (non-hydrogen) atoms. The van der Waals surface area contributed by atoms with E-state index in [1.807, 2.05) is 66.1 Å². The van der Waals surface area contributed by atoms with Crippen molar-refractivity contribution < 1.29 is 17.9 Å². The molecule has 1 unspecified atom stereocenters. The summed E-state index contributed by atoms with van der Waals surface area (Å²) >= 11 is 4.30. The molecule has 0 saturated carbocycles. The van der Waals surface area contributed by atoms with Crippen molar-refractivity contribution in [2.75, 3.05) is 0 Å². The van der Waals surface area contributed by atoms with Gasteiger partial charge in [-0.3, -0.25) is 4.57 Å². The number of aliphatic imine (C=N–C) groups is 1. The lowest BCUT2D eigenvalue weighted by atomic mass is 9.84. The van der Waals surface area contributed by atoms with E-state index in [4.69, 9.17) is 0 Å². The number of azo groups is 1. The molecule has 0 fully saturated rings. The van der Waals surface area contributed by atoms with E-state index in [-0.39, 0.29) is 16.8 Å². The molecule has 5 rings (SSSR count). The lowest BCUT2D eigenvalue weighted by Gasteiger charge is -2.22. The molecule has 2 aliphatic rings. The first kappa shape index (κ1) is 24.5. The third kappa shape index (κ3) is 5.64. The quantitative estimate of drug-likeness (QED) is 0.167. The van der Waals surface area contributed by atoms with Crippen LogP contribution in [0, 0.1) is 6.92 Å². The Kier molecular flexibility index (Phi) is 6.66. The molecule has 186 valence electrons. The maximum atomic E-state index is 12.4. The Morgan fingerprint density at radius 2 is 1.86 bits per heavy atom. The van der Waals surface area contributed by atoms with Gasteiger partial charge in [-0.15, -0.1) is 30.9 Å². The minimum Gasteiger partial charge on any atom is -0.406 e. The van der Waals surface area contributed by atoms with Crippen molar-refractivity contribution >= 4 is 29.6 Å². The van der Waals surface area contributed by atoms with Crippen LogP contribution in [0.25, 0.3) is 11.8 Å². The van der Waals surface area contributed by atoms with Gasteiger partial charge in [0.05, 0.1) is 23.3 Å². The minimum atomic E-state index is -4.73. The monoisotopic (exact) mass is 519 g/mol. The molecule has 1 aromatic heterocycles. The maximum Gasteiger partial charge on any atom is 0.573 e. The highest BCUT2D eigenvalue weighted by Gasteiger charge is 2.31. The van der Waals surface area contributed by atoms with E-state index >= 15 is 0 Å². The van der Waals surface area contributed by atoms with Gasteiger partial charge in [0.1, 0.15) is 12.1 Å². The molecule has 0 saturated heterocycles. The van der Waals surface area contributed by atoms with Gasteiger partial charge in [0.15, 0.2) is 0 Å². The fourth-order valence-corrected chi connectivity index (χ4v) is 4.22. The number of hydrogen-bond acceptors (Lipinski definition) is 4. The topological polar surface area (TPSA) is 64.1 Å². The number of fused-ring (bicyclic) bond motifs is 3. The van der Waals surface area contributed by atoms with Crippen LogP contribution in [0.1, 0.15) is 22.9 Å². The third-order valence-electron chi connectivity index (χ3n) is 5.77. The minimum absolute atomic E-state index is 0.0498. The van der Waals surface area contributed by atoms with Crippen molar-refractivity contribution in [3.8, 4) is 11.4 Å². The molecule has 2 aliphatic carbocycles. The molecular formula is C27H20F3N5OS. The van der Waals surface area contributed by atoms with Gasteiger partial charge in [0.2, 0.25) is 5.17 Å². The zero-order valence-corrected chi connectivity index (χ0v) is 20.4. The first-order valence-corrected chi connectivity index (χ1v) is 11.7. The Labute approximate surface area is 216 Å². The van der Waals surface area contributed by atoms with Crippen molar-refractivity contribution in [3.63, 3.8) is 0 Å². The Morgan fingerprint density at radius 3 is 2.62 bits per heavy atom. The Hall–Kier alpha value is -4.18. The summed E-state index contributed by atoms with van der Waals surface area (Å²) in [6, 6.07) is 13.4. The van der Waals surface area contributed by atoms with E-state index in [2.05, 4.69) is 37.6 Å². The average molecular weight is 520 g/mol. The lowest BCUT2D eigenvalue weighted by Crippen LogP contribution is -2.17. The van der Waals surface area contributed by atoms with Gasteiger partial charge >= 0.3 is 6.36 Å². The first-order chi connectivity index (χ1) is 17.8. The smallest absolute Gasteiger partial charge is 0.406 e. The number of para-hydroxylation sites is 1. The number of benzene rings is 2. The van der Waals surface area contributed by atoms with E-state index < -0.39 is 6.36 Å². The summed E-state index contributed by atoms with van der Waals surface area (Å²) in [4.78, 5) is 8.94. The number of nitrogens with zero attached hydrogens (tertiary/aromatic N) is 5. The number of ether oxygens (including phenoxy) is 1. The first-order valence-electron chi connectivity index (χ1n) is 11.2. The number of aryl methyl sites for hydroxylation is 1. The molecule has 2 aromatic carbocycles. The zero-order chi connectivity index (χ0) is 26.0. The van der Waals surface area contributed by atoms with Crippen molar-refractivity contribution in [1.29, 1.82) is 0 Å². The Morgan fingerprint density at radius 1 is 1.08 bits per heavy atom. The molecule has 1 atom stereocenters. The van der Waals surface area contributed by atoms with Gasteiger partial charge in [0.25, 0.3) is 0 Å². The molecule has 0 radical (unpaired) electrons. The highest BCUT2D eigenvalue weighted by molar-refractivity contribution is 7.96. The van der Waals surface area contributed by atoms with Crippen molar-refractivity contribution in [3.05, 3.63) is 113 Å². The molecule has 0 aliphatic heterocycles. The van der Waals surface area contributed by atoms with Gasteiger partial charge in [-0.25, -0.2) is 9.98 Å². The Balaban J connectivity index is 1.32. The molecule has 10 heteroatoms. The molecule has 0 spiro atoms. The number of thiol groups is 1. The van der Waals surface area contributed by atoms with E-state index in [1.165, 1.54) is 12.1 Å². The number of amidine groups is 1. The SMILES string of the molecule is Cc1ccccc1/N=C(S)/N=N\C=C1/C=CC2C(=C1)C=Cc1c2ncn1-c1ccc(OC(F)(F)F)cc1. The van der Waals surface area contributed by atoms with Gasteiger partial charge in [-0.2, -0.15) is 5.11 Å². The molecule has 3 aromatic rings. The third-order valence-corrected chi connectivity index (χ3v) is 5.96. The fourth-order valence-electron chi connectivity index (χ4n) is 4.06. The van der Waals surface area contributed by atoms with Crippen LogP contribution in [0.3, 0.4) is 0 Å². The van der Waals surface area contributed by atoms with E-state index in [0.29, 0.717) is 5.69 Å². The number of allylic oxidation sites excluding steroid dienone is 6. The van der Waals surface area contributed by atoms with Crippen molar-refractivity contribution in [1.82, 2.24) is 9.55 Å². The van der Waals surface area contributed by atoms with Gasteiger partial charge in [-0.1, -0.05) is 36.4 Å². The van der Waals surface area contributed by atoms with E-state index in [9.17, 15) is 13.2 Å². The van der Waals surface area contributed by atoms with Crippen LogP contribution >= 0.6 is 12.6 Å². The largest absolute Gasteiger partial charge is 0.573 e. The van der Waals surface area contributed by atoms with Crippen LogP contribution in [0.2, 0.25) is 0 Å². The van der Waals surface area contributed by atoms with Gasteiger partial charge in [-0.05, 0) is 66.1 Å². The van der Waals surface area contributed by atoms with Gasteiger partial charge in [0, 0.05) is 11.6 Å².